The summed E-state index contributed by atoms with van der Waals surface area (Å²) in [5.41, 5.74) is 3.81. The number of nitrogens with zero attached hydrogens (tertiary/aromatic N) is 2. The zero-order chi connectivity index (χ0) is 12.4. The maximum Gasteiger partial charge on any atom is 0.133 e. The Kier molecular flexibility index (Phi) is 3.67. The fourth-order valence-corrected chi connectivity index (χ4v) is 2.06. The van der Waals surface area contributed by atoms with Crippen LogP contribution in [-0.4, -0.2) is 24.6 Å². The van der Waals surface area contributed by atoms with Gasteiger partial charge >= 0.3 is 0 Å². The number of anilines is 1. The maximum atomic E-state index is 4.69. The van der Waals surface area contributed by atoms with Gasteiger partial charge in [0.25, 0.3) is 0 Å². The zero-order valence-corrected chi connectivity index (χ0v) is 11.4. The highest BCUT2D eigenvalue weighted by atomic mass is 15.2. The summed E-state index contributed by atoms with van der Waals surface area (Å²) in [6.07, 6.45) is 2.66. The molecule has 1 saturated carbocycles. The van der Waals surface area contributed by atoms with Crippen molar-refractivity contribution in [3.63, 3.8) is 0 Å². The first kappa shape index (κ1) is 12.4. The van der Waals surface area contributed by atoms with E-state index < -0.39 is 0 Å². The predicted molar refractivity (Wildman–Crippen MR) is 72.5 cm³/mol. The largest absolute Gasteiger partial charge is 0.360 e. The molecule has 94 valence electrons. The van der Waals surface area contributed by atoms with Crippen molar-refractivity contribution in [3.05, 3.63) is 22.9 Å². The van der Waals surface area contributed by atoms with Crippen LogP contribution in [0.5, 0.6) is 0 Å². The molecule has 0 amide bonds. The molecule has 1 aliphatic carbocycles. The van der Waals surface area contributed by atoms with Gasteiger partial charge in [0.1, 0.15) is 5.82 Å². The number of hydrogen-bond acceptors (Lipinski definition) is 3. The lowest BCUT2D eigenvalue weighted by atomic mass is 10.1. The van der Waals surface area contributed by atoms with Crippen molar-refractivity contribution in [1.29, 1.82) is 0 Å². The molecule has 0 saturated heterocycles. The fourth-order valence-electron chi connectivity index (χ4n) is 2.06. The summed E-state index contributed by atoms with van der Waals surface area (Å²) in [7, 11) is 2.11. The second-order valence-electron chi connectivity index (χ2n) is 5.05. The van der Waals surface area contributed by atoms with Crippen LogP contribution in [0, 0.1) is 13.8 Å². The van der Waals surface area contributed by atoms with Crippen molar-refractivity contribution in [2.75, 3.05) is 18.5 Å². The van der Waals surface area contributed by atoms with Gasteiger partial charge in [0.15, 0.2) is 0 Å². The molecule has 0 atom stereocenters. The van der Waals surface area contributed by atoms with Crippen LogP contribution in [0.3, 0.4) is 0 Å². The Bertz CT molecular complexity index is 397. The first-order chi connectivity index (χ1) is 8.11. The lowest BCUT2D eigenvalue weighted by Crippen LogP contribution is -2.23. The standard InChI is InChI=1S/C14H23N3/c1-5-17(4)14-13(9-15-12-6-7-12)10(2)8-11(3)16-14/h8,12,15H,5-7,9H2,1-4H3. The predicted octanol–water partition coefficient (Wildman–Crippen LogP) is 2.41. The zero-order valence-electron chi connectivity index (χ0n) is 11.4. The summed E-state index contributed by atoms with van der Waals surface area (Å²) in [5, 5.41) is 3.59. The smallest absolute Gasteiger partial charge is 0.133 e. The van der Waals surface area contributed by atoms with Crippen molar-refractivity contribution in [1.82, 2.24) is 10.3 Å². The molecular formula is C14H23N3. The summed E-state index contributed by atoms with van der Waals surface area (Å²) in [5.74, 6) is 1.14. The van der Waals surface area contributed by atoms with E-state index in [0.29, 0.717) is 0 Å². The first-order valence-corrected chi connectivity index (χ1v) is 6.53. The van der Waals surface area contributed by atoms with E-state index in [1.807, 2.05) is 0 Å². The average molecular weight is 233 g/mol. The van der Waals surface area contributed by atoms with Gasteiger partial charge in [-0.3, -0.25) is 0 Å². The monoisotopic (exact) mass is 233 g/mol. The third-order valence-electron chi connectivity index (χ3n) is 3.43. The molecule has 1 heterocycles. The molecule has 1 aliphatic rings. The number of aryl methyl sites for hydroxylation is 2. The Hall–Kier alpha value is -1.09. The SMILES string of the molecule is CCN(C)c1nc(C)cc(C)c1CNC1CC1. The molecule has 0 radical (unpaired) electrons. The lowest BCUT2D eigenvalue weighted by molar-refractivity contribution is 0.680. The van der Waals surface area contributed by atoms with E-state index in [4.69, 9.17) is 0 Å². The lowest BCUT2D eigenvalue weighted by Gasteiger charge is -2.22. The van der Waals surface area contributed by atoms with Gasteiger partial charge < -0.3 is 10.2 Å². The molecule has 3 nitrogen and oxygen atoms in total. The van der Waals surface area contributed by atoms with Crippen molar-refractivity contribution < 1.29 is 0 Å². The highest BCUT2D eigenvalue weighted by molar-refractivity contribution is 5.51. The van der Waals surface area contributed by atoms with Crippen LogP contribution in [0.4, 0.5) is 5.82 Å². The van der Waals surface area contributed by atoms with Gasteiger partial charge in [-0.25, -0.2) is 4.98 Å². The van der Waals surface area contributed by atoms with Crippen LogP contribution < -0.4 is 10.2 Å². The minimum Gasteiger partial charge on any atom is -0.360 e. The molecule has 0 spiro atoms. The van der Waals surface area contributed by atoms with Crippen molar-refractivity contribution in [2.45, 2.75) is 46.2 Å². The Morgan fingerprint density at radius 1 is 1.41 bits per heavy atom. The van der Waals surface area contributed by atoms with Gasteiger partial charge in [-0.1, -0.05) is 0 Å². The second kappa shape index (κ2) is 5.05. The minimum atomic E-state index is 0.746. The average Bonchev–Trinajstić information content (AvgIpc) is 3.09. The summed E-state index contributed by atoms with van der Waals surface area (Å²) in [6.45, 7) is 8.36. The molecule has 3 heteroatoms. The van der Waals surface area contributed by atoms with E-state index in [1.165, 1.54) is 24.0 Å². The van der Waals surface area contributed by atoms with Gasteiger partial charge in [0.05, 0.1) is 0 Å². The topological polar surface area (TPSA) is 28.2 Å². The van der Waals surface area contributed by atoms with Gasteiger partial charge in [0, 0.05) is 37.4 Å². The molecule has 1 N–H and O–H groups in total. The molecule has 1 fully saturated rings. The fraction of sp³-hybridized carbons (Fsp3) is 0.643. The van der Waals surface area contributed by atoms with Crippen LogP contribution in [-0.2, 0) is 6.54 Å². The normalized spacial score (nSPS) is 15.1. The summed E-state index contributed by atoms with van der Waals surface area (Å²) < 4.78 is 0. The first-order valence-electron chi connectivity index (χ1n) is 6.53. The second-order valence-corrected chi connectivity index (χ2v) is 5.05. The van der Waals surface area contributed by atoms with Crippen molar-refractivity contribution in [2.24, 2.45) is 0 Å². The summed E-state index contributed by atoms with van der Waals surface area (Å²) in [4.78, 5) is 6.92. The molecule has 0 aliphatic heterocycles. The molecule has 17 heavy (non-hydrogen) atoms. The van der Waals surface area contributed by atoms with Gasteiger partial charge in [-0.05, 0) is 45.2 Å². The third-order valence-corrected chi connectivity index (χ3v) is 3.43. The van der Waals surface area contributed by atoms with Crippen LogP contribution in [0.15, 0.2) is 6.07 Å². The maximum absolute atomic E-state index is 4.69. The minimum absolute atomic E-state index is 0.746. The Balaban J connectivity index is 2.24. The van der Waals surface area contributed by atoms with Crippen LogP contribution in [0.25, 0.3) is 0 Å². The van der Waals surface area contributed by atoms with E-state index in [-0.39, 0.29) is 0 Å². The quantitative estimate of drug-likeness (QED) is 0.846. The molecule has 0 bridgehead atoms. The molecule has 1 aromatic rings. The summed E-state index contributed by atoms with van der Waals surface area (Å²) >= 11 is 0. The van der Waals surface area contributed by atoms with E-state index in [0.717, 1.165) is 30.6 Å². The van der Waals surface area contributed by atoms with E-state index in [1.54, 1.807) is 0 Å². The number of pyridine rings is 1. The van der Waals surface area contributed by atoms with Crippen LogP contribution in [0.2, 0.25) is 0 Å². The highest BCUT2D eigenvalue weighted by Crippen LogP contribution is 2.24. The number of nitrogens with one attached hydrogen (secondary N) is 1. The van der Waals surface area contributed by atoms with Gasteiger partial charge in [0.2, 0.25) is 0 Å². The molecule has 1 aromatic heterocycles. The Labute approximate surface area is 104 Å². The molecule has 0 unspecified atom stereocenters. The van der Waals surface area contributed by atoms with E-state index >= 15 is 0 Å². The number of hydrogen-bond donors (Lipinski definition) is 1. The number of rotatable bonds is 5. The highest BCUT2D eigenvalue weighted by Gasteiger charge is 2.21. The van der Waals surface area contributed by atoms with E-state index in [9.17, 15) is 0 Å². The number of aromatic nitrogens is 1. The van der Waals surface area contributed by atoms with Crippen molar-refractivity contribution in [3.8, 4) is 0 Å². The third kappa shape index (κ3) is 2.97. The van der Waals surface area contributed by atoms with Gasteiger partial charge in [-0.2, -0.15) is 0 Å². The van der Waals surface area contributed by atoms with Crippen molar-refractivity contribution >= 4 is 5.82 Å². The molecular weight excluding hydrogens is 210 g/mol. The van der Waals surface area contributed by atoms with E-state index in [2.05, 4.69) is 49.1 Å². The Morgan fingerprint density at radius 3 is 2.71 bits per heavy atom. The van der Waals surface area contributed by atoms with Crippen LogP contribution >= 0.6 is 0 Å². The molecule has 2 rings (SSSR count). The van der Waals surface area contributed by atoms with Gasteiger partial charge in [-0.15, -0.1) is 0 Å². The Morgan fingerprint density at radius 2 is 2.12 bits per heavy atom. The summed E-state index contributed by atoms with van der Waals surface area (Å²) in [6, 6.07) is 2.92. The molecule has 0 aromatic carbocycles. The van der Waals surface area contributed by atoms with Crippen LogP contribution in [0.1, 0.15) is 36.6 Å².